The van der Waals surface area contributed by atoms with Crippen LogP contribution in [0.3, 0.4) is 0 Å². The van der Waals surface area contributed by atoms with Crippen molar-refractivity contribution in [2.45, 2.75) is 6.67 Å². The molecule has 0 atom stereocenters. The lowest BCUT2D eigenvalue weighted by molar-refractivity contribution is 0.191. The normalized spacial score (nSPS) is 15.1. The Morgan fingerprint density at radius 1 is 1.11 bits per heavy atom. The Kier molecular flexibility index (Phi) is 5.12. The Bertz CT molecular complexity index is 950. The number of aromatic nitrogens is 4. The van der Waals surface area contributed by atoms with Crippen LogP contribution in [0.2, 0.25) is 0 Å². The van der Waals surface area contributed by atoms with Crippen LogP contribution in [0.4, 0.5) is 5.95 Å². The third kappa shape index (κ3) is 3.99. The summed E-state index contributed by atoms with van der Waals surface area (Å²) in [6.45, 7) is 3.96. The average Bonchev–Trinajstić information content (AvgIpc) is 3.09. The molecule has 0 N–H and O–H groups in total. The van der Waals surface area contributed by atoms with Crippen molar-refractivity contribution in [2.75, 3.05) is 38.2 Å². The van der Waals surface area contributed by atoms with E-state index in [-0.39, 0.29) is 0 Å². The maximum absolute atomic E-state index is 5.65. The fourth-order valence-corrected chi connectivity index (χ4v) is 3.15. The number of hydrogen-bond donors (Lipinski definition) is 0. The highest BCUT2D eigenvalue weighted by Gasteiger charge is 2.20. The van der Waals surface area contributed by atoms with E-state index in [0.717, 1.165) is 31.7 Å². The molecule has 140 valence electrons. The molecule has 3 heterocycles. The Morgan fingerprint density at radius 2 is 1.89 bits per heavy atom. The van der Waals surface area contributed by atoms with Gasteiger partial charge in [0, 0.05) is 44.0 Å². The third-order valence-corrected chi connectivity index (χ3v) is 4.74. The smallest absolute Gasteiger partial charge is 0.288 e. The molecule has 0 radical (unpaired) electrons. The van der Waals surface area contributed by atoms with Gasteiger partial charge in [-0.2, -0.15) is 4.98 Å². The summed E-state index contributed by atoms with van der Waals surface area (Å²) in [7, 11) is 1.61. The van der Waals surface area contributed by atoms with Gasteiger partial charge in [0.25, 0.3) is 4.84 Å². The molecule has 8 nitrogen and oxygen atoms in total. The zero-order valence-corrected chi connectivity index (χ0v) is 15.8. The van der Waals surface area contributed by atoms with E-state index in [0.29, 0.717) is 29.2 Å². The van der Waals surface area contributed by atoms with Crippen LogP contribution in [0, 0.1) is 4.84 Å². The molecule has 4 rings (SSSR count). The average molecular weight is 384 g/mol. The van der Waals surface area contributed by atoms with Crippen molar-refractivity contribution in [3.8, 4) is 17.3 Å². The molecule has 0 unspecified atom stereocenters. The monoisotopic (exact) mass is 384 g/mol. The van der Waals surface area contributed by atoms with Gasteiger partial charge in [-0.3, -0.25) is 4.90 Å². The molecule has 1 aliphatic heterocycles. The van der Waals surface area contributed by atoms with Crippen LogP contribution < -0.4 is 9.64 Å². The number of anilines is 1. The number of methoxy groups -OCH3 is 1. The van der Waals surface area contributed by atoms with Crippen LogP contribution in [0.5, 0.6) is 5.88 Å². The van der Waals surface area contributed by atoms with E-state index in [4.69, 9.17) is 21.4 Å². The van der Waals surface area contributed by atoms with Gasteiger partial charge in [0.1, 0.15) is 0 Å². The minimum absolute atomic E-state index is 0.382. The summed E-state index contributed by atoms with van der Waals surface area (Å²) < 4.78 is 12.6. The molecule has 0 saturated carbocycles. The number of rotatable bonds is 5. The van der Waals surface area contributed by atoms with Gasteiger partial charge in [0.15, 0.2) is 0 Å². The van der Waals surface area contributed by atoms with Crippen LogP contribution in [0.25, 0.3) is 11.5 Å². The largest absolute Gasteiger partial charge is 0.481 e. The standard InChI is InChI=1S/C18H20N6O2S/c1-25-15-7-8-19-17(20-15)23-11-9-22(10-12-23)13-24-18(27)26-16(21-24)14-5-3-2-4-6-14/h2-8H,9-13H2,1H3. The van der Waals surface area contributed by atoms with E-state index in [1.807, 2.05) is 30.3 Å². The minimum Gasteiger partial charge on any atom is -0.481 e. The molecular weight excluding hydrogens is 364 g/mol. The highest BCUT2D eigenvalue weighted by Crippen LogP contribution is 2.18. The summed E-state index contributed by atoms with van der Waals surface area (Å²) in [5.74, 6) is 1.81. The minimum atomic E-state index is 0.382. The van der Waals surface area contributed by atoms with Gasteiger partial charge < -0.3 is 14.1 Å². The van der Waals surface area contributed by atoms with Crippen molar-refractivity contribution < 1.29 is 9.15 Å². The Balaban J connectivity index is 1.39. The highest BCUT2D eigenvalue weighted by molar-refractivity contribution is 7.71. The van der Waals surface area contributed by atoms with E-state index in [2.05, 4.69) is 24.9 Å². The van der Waals surface area contributed by atoms with Gasteiger partial charge in [0.2, 0.25) is 17.7 Å². The summed E-state index contributed by atoms with van der Waals surface area (Å²) in [6.07, 6.45) is 1.72. The lowest BCUT2D eigenvalue weighted by Crippen LogP contribution is -2.47. The Morgan fingerprint density at radius 3 is 2.63 bits per heavy atom. The summed E-state index contributed by atoms with van der Waals surface area (Å²) in [4.78, 5) is 13.6. The number of benzene rings is 1. The van der Waals surface area contributed by atoms with E-state index >= 15 is 0 Å². The van der Waals surface area contributed by atoms with Gasteiger partial charge in [-0.05, 0) is 24.4 Å². The lowest BCUT2D eigenvalue weighted by atomic mass is 10.2. The summed E-state index contributed by atoms with van der Waals surface area (Å²) >= 11 is 5.33. The topological polar surface area (TPSA) is 72.5 Å². The number of hydrogen-bond acceptors (Lipinski definition) is 8. The Hall–Kier alpha value is -2.78. The van der Waals surface area contributed by atoms with Gasteiger partial charge in [-0.25, -0.2) is 9.67 Å². The first-order valence-electron chi connectivity index (χ1n) is 8.70. The molecule has 1 saturated heterocycles. The van der Waals surface area contributed by atoms with E-state index in [1.54, 1.807) is 24.1 Å². The molecular formula is C18H20N6O2S. The number of nitrogens with zero attached hydrogens (tertiary/aromatic N) is 6. The van der Waals surface area contributed by atoms with E-state index in [1.165, 1.54) is 0 Å². The molecule has 3 aromatic rings. The highest BCUT2D eigenvalue weighted by atomic mass is 32.1. The molecule has 2 aromatic heterocycles. The van der Waals surface area contributed by atoms with Crippen molar-refractivity contribution in [2.24, 2.45) is 0 Å². The first-order chi connectivity index (χ1) is 13.2. The van der Waals surface area contributed by atoms with Crippen LogP contribution in [0.1, 0.15) is 0 Å². The molecule has 0 aliphatic carbocycles. The van der Waals surface area contributed by atoms with E-state index in [9.17, 15) is 0 Å². The molecule has 0 spiro atoms. The second-order valence-corrected chi connectivity index (χ2v) is 6.53. The molecule has 0 bridgehead atoms. The number of ether oxygens (including phenoxy) is 1. The molecule has 1 aliphatic rings. The maximum atomic E-state index is 5.65. The molecule has 1 fully saturated rings. The third-order valence-electron chi connectivity index (χ3n) is 4.44. The summed E-state index contributed by atoms with van der Waals surface area (Å²) in [5, 5.41) is 4.52. The lowest BCUT2D eigenvalue weighted by Gasteiger charge is -2.34. The quantitative estimate of drug-likeness (QED) is 0.621. The van der Waals surface area contributed by atoms with Crippen LogP contribution in [0.15, 0.2) is 47.0 Å². The molecule has 9 heteroatoms. The van der Waals surface area contributed by atoms with Crippen molar-refractivity contribution >= 4 is 18.2 Å². The molecule has 0 amide bonds. The molecule has 27 heavy (non-hydrogen) atoms. The maximum Gasteiger partial charge on any atom is 0.288 e. The van der Waals surface area contributed by atoms with Crippen molar-refractivity contribution in [1.29, 1.82) is 0 Å². The van der Waals surface area contributed by atoms with Crippen LogP contribution >= 0.6 is 12.2 Å². The van der Waals surface area contributed by atoms with Gasteiger partial charge >= 0.3 is 0 Å². The van der Waals surface area contributed by atoms with Crippen molar-refractivity contribution in [3.05, 3.63) is 47.4 Å². The predicted octanol–water partition coefficient (Wildman–Crippen LogP) is 2.45. The molecule has 1 aromatic carbocycles. The second-order valence-electron chi connectivity index (χ2n) is 6.18. The fraction of sp³-hybridized carbons (Fsp3) is 0.333. The van der Waals surface area contributed by atoms with Crippen LogP contribution in [-0.2, 0) is 6.67 Å². The van der Waals surface area contributed by atoms with Gasteiger partial charge in [0.05, 0.1) is 13.8 Å². The van der Waals surface area contributed by atoms with Crippen molar-refractivity contribution in [1.82, 2.24) is 24.6 Å². The summed E-state index contributed by atoms with van der Waals surface area (Å²) in [6, 6.07) is 11.5. The van der Waals surface area contributed by atoms with Gasteiger partial charge in [-0.15, -0.1) is 5.10 Å². The first-order valence-corrected chi connectivity index (χ1v) is 9.11. The SMILES string of the molecule is COc1ccnc(N2CCN(Cn3nc(-c4ccccc4)oc3=S)CC2)n1. The fourth-order valence-electron chi connectivity index (χ4n) is 2.97. The summed E-state index contributed by atoms with van der Waals surface area (Å²) in [5.41, 5.74) is 0.919. The second kappa shape index (κ2) is 7.85. The van der Waals surface area contributed by atoms with Crippen LogP contribution in [-0.4, -0.2) is 57.9 Å². The Labute approximate surface area is 162 Å². The zero-order chi connectivity index (χ0) is 18.6. The van der Waals surface area contributed by atoms with E-state index < -0.39 is 0 Å². The first kappa shape index (κ1) is 17.6. The zero-order valence-electron chi connectivity index (χ0n) is 15.0. The predicted molar refractivity (Wildman–Crippen MR) is 103 cm³/mol. The van der Waals surface area contributed by atoms with Gasteiger partial charge in [-0.1, -0.05) is 18.2 Å². The van der Waals surface area contributed by atoms with Crippen molar-refractivity contribution in [3.63, 3.8) is 0 Å². The number of piperazine rings is 1.